The van der Waals surface area contributed by atoms with E-state index in [4.69, 9.17) is 4.74 Å². The molecule has 1 aliphatic heterocycles. The molecule has 0 spiro atoms. The third-order valence-corrected chi connectivity index (χ3v) is 3.21. The van der Waals surface area contributed by atoms with Crippen LogP contribution in [0.25, 0.3) is 0 Å². The molecule has 6 nitrogen and oxygen atoms in total. The summed E-state index contributed by atoms with van der Waals surface area (Å²) in [5.41, 5.74) is 1.00. The van der Waals surface area contributed by atoms with Crippen LogP contribution in [0.15, 0.2) is 12.4 Å². The maximum absolute atomic E-state index is 12.3. The molecule has 0 radical (unpaired) electrons. The number of nitrogens with zero attached hydrogens (tertiary/aromatic N) is 2. The SMILES string of the molecule is CCNC1COCC1C(=O)N(C)Cc1cn[nH]c1. The number of ether oxygens (including phenoxy) is 1. The standard InChI is InChI=1S/C12H20N4O2/c1-3-13-11-8-18-7-10(11)12(17)16(2)6-9-4-14-15-5-9/h4-5,10-11,13H,3,6-8H2,1-2H3,(H,14,15). The summed E-state index contributed by atoms with van der Waals surface area (Å²) < 4.78 is 5.40. The van der Waals surface area contributed by atoms with Gasteiger partial charge in [0, 0.05) is 31.4 Å². The summed E-state index contributed by atoms with van der Waals surface area (Å²) in [6.45, 7) is 4.58. The first-order valence-electron chi connectivity index (χ1n) is 6.26. The largest absolute Gasteiger partial charge is 0.379 e. The molecule has 18 heavy (non-hydrogen) atoms. The third-order valence-electron chi connectivity index (χ3n) is 3.21. The van der Waals surface area contributed by atoms with Crippen molar-refractivity contribution in [1.82, 2.24) is 20.4 Å². The Morgan fingerprint density at radius 3 is 3.17 bits per heavy atom. The van der Waals surface area contributed by atoms with Crippen LogP contribution in [0.3, 0.4) is 0 Å². The predicted molar refractivity (Wildman–Crippen MR) is 66.8 cm³/mol. The first-order valence-corrected chi connectivity index (χ1v) is 6.26. The van der Waals surface area contributed by atoms with E-state index < -0.39 is 0 Å². The fourth-order valence-electron chi connectivity index (χ4n) is 2.26. The van der Waals surface area contributed by atoms with E-state index in [0.717, 1.165) is 12.1 Å². The van der Waals surface area contributed by atoms with Crippen LogP contribution in [0.2, 0.25) is 0 Å². The molecule has 0 aliphatic carbocycles. The van der Waals surface area contributed by atoms with Crippen molar-refractivity contribution < 1.29 is 9.53 Å². The number of rotatable bonds is 5. The monoisotopic (exact) mass is 252 g/mol. The molecule has 0 aromatic carbocycles. The smallest absolute Gasteiger partial charge is 0.229 e. The number of aromatic amines is 1. The molecule has 2 rings (SSSR count). The van der Waals surface area contributed by atoms with E-state index in [1.165, 1.54) is 0 Å². The zero-order chi connectivity index (χ0) is 13.0. The maximum Gasteiger partial charge on any atom is 0.229 e. The fourth-order valence-corrected chi connectivity index (χ4v) is 2.26. The lowest BCUT2D eigenvalue weighted by Gasteiger charge is -2.23. The van der Waals surface area contributed by atoms with Crippen LogP contribution in [0, 0.1) is 5.92 Å². The van der Waals surface area contributed by atoms with E-state index in [1.807, 2.05) is 14.0 Å². The molecule has 1 fully saturated rings. The highest BCUT2D eigenvalue weighted by atomic mass is 16.5. The molecular formula is C12H20N4O2. The highest BCUT2D eigenvalue weighted by Crippen LogP contribution is 2.17. The minimum absolute atomic E-state index is 0.0816. The Bertz CT molecular complexity index is 379. The molecule has 0 saturated carbocycles. The van der Waals surface area contributed by atoms with Gasteiger partial charge in [-0.25, -0.2) is 0 Å². The van der Waals surface area contributed by atoms with Crippen molar-refractivity contribution in [3.63, 3.8) is 0 Å². The summed E-state index contributed by atoms with van der Waals surface area (Å²) in [7, 11) is 1.82. The summed E-state index contributed by atoms with van der Waals surface area (Å²) in [5.74, 6) is 0.0431. The Labute approximate surface area is 107 Å². The van der Waals surface area contributed by atoms with Crippen LogP contribution in [0.1, 0.15) is 12.5 Å². The van der Waals surface area contributed by atoms with Gasteiger partial charge in [-0.1, -0.05) is 6.92 Å². The summed E-state index contributed by atoms with van der Waals surface area (Å²) in [6.07, 6.45) is 3.54. The third kappa shape index (κ3) is 2.88. The van der Waals surface area contributed by atoms with Gasteiger partial charge in [-0.05, 0) is 6.54 Å². The average molecular weight is 252 g/mol. The number of hydrogen-bond donors (Lipinski definition) is 2. The first kappa shape index (κ1) is 13.0. The van der Waals surface area contributed by atoms with Crippen molar-refractivity contribution in [1.29, 1.82) is 0 Å². The normalized spacial score (nSPS) is 23.2. The number of nitrogens with one attached hydrogen (secondary N) is 2. The number of likely N-dealkylation sites (N-methyl/N-ethyl adjacent to an activating group) is 1. The van der Waals surface area contributed by atoms with E-state index in [0.29, 0.717) is 19.8 Å². The van der Waals surface area contributed by atoms with E-state index in [9.17, 15) is 4.79 Å². The summed E-state index contributed by atoms with van der Waals surface area (Å²) in [5, 5.41) is 9.92. The fraction of sp³-hybridized carbons (Fsp3) is 0.667. The molecule has 6 heteroatoms. The second-order valence-corrected chi connectivity index (χ2v) is 4.61. The minimum atomic E-state index is -0.0816. The molecule has 2 heterocycles. The van der Waals surface area contributed by atoms with E-state index in [1.54, 1.807) is 17.3 Å². The number of carbonyl (C=O) groups is 1. The van der Waals surface area contributed by atoms with Crippen LogP contribution in [-0.2, 0) is 16.1 Å². The number of carbonyl (C=O) groups excluding carboxylic acids is 1. The van der Waals surface area contributed by atoms with Crippen LogP contribution >= 0.6 is 0 Å². The summed E-state index contributed by atoms with van der Waals surface area (Å²) in [4.78, 5) is 14.1. The second kappa shape index (κ2) is 5.97. The Balaban J connectivity index is 1.93. The molecule has 1 amide bonds. The van der Waals surface area contributed by atoms with Gasteiger partial charge in [-0.3, -0.25) is 9.89 Å². The number of hydrogen-bond acceptors (Lipinski definition) is 4. The molecule has 1 aromatic heterocycles. The van der Waals surface area contributed by atoms with Gasteiger partial charge in [0.2, 0.25) is 5.91 Å². The molecule has 2 atom stereocenters. The number of H-pyrrole nitrogens is 1. The predicted octanol–water partition coefficient (Wildman–Crippen LogP) is -0.00740. The number of aromatic nitrogens is 2. The number of amides is 1. The van der Waals surface area contributed by atoms with Gasteiger partial charge in [0.1, 0.15) is 0 Å². The van der Waals surface area contributed by atoms with Gasteiger partial charge < -0.3 is 15.0 Å². The van der Waals surface area contributed by atoms with Gasteiger partial charge in [-0.15, -0.1) is 0 Å². The summed E-state index contributed by atoms with van der Waals surface area (Å²) in [6, 6.07) is 0.134. The van der Waals surface area contributed by atoms with Crippen LogP contribution in [0.4, 0.5) is 0 Å². The zero-order valence-corrected chi connectivity index (χ0v) is 10.8. The summed E-state index contributed by atoms with van der Waals surface area (Å²) >= 11 is 0. The molecule has 1 aromatic rings. The van der Waals surface area contributed by atoms with Gasteiger partial charge in [0.25, 0.3) is 0 Å². The van der Waals surface area contributed by atoms with Crippen molar-refractivity contribution in [3.8, 4) is 0 Å². The molecule has 2 N–H and O–H groups in total. The lowest BCUT2D eigenvalue weighted by atomic mass is 10.0. The molecular weight excluding hydrogens is 232 g/mol. The minimum Gasteiger partial charge on any atom is -0.379 e. The van der Waals surface area contributed by atoms with Crippen LogP contribution in [0.5, 0.6) is 0 Å². The van der Waals surface area contributed by atoms with E-state index >= 15 is 0 Å². The van der Waals surface area contributed by atoms with Crippen molar-refractivity contribution in [2.75, 3.05) is 26.8 Å². The molecule has 2 unspecified atom stereocenters. The van der Waals surface area contributed by atoms with Crippen LogP contribution < -0.4 is 5.32 Å². The van der Waals surface area contributed by atoms with Crippen molar-refractivity contribution in [3.05, 3.63) is 18.0 Å². The maximum atomic E-state index is 12.3. The lowest BCUT2D eigenvalue weighted by molar-refractivity contribution is -0.135. The van der Waals surface area contributed by atoms with Gasteiger partial charge >= 0.3 is 0 Å². The highest BCUT2D eigenvalue weighted by Gasteiger charge is 2.35. The van der Waals surface area contributed by atoms with Gasteiger partial charge in [0.05, 0.1) is 25.3 Å². The Morgan fingerprint density at radius 2 is 2.50 bits per heavy atom. The second-order valence-electron chi connectivity index (χ2n) is 4.61. The zero-order valence-electron chi connectivity index (χ0n) is 10.8. The quantitative estimate of drug-likeness (QED) is 0.773. The van der Waals surface area contributed by atoms with E-state index in [-0.39, 0.29) is 17.9 Å². The lowest BCUT2D eigenvalue weighted by Crippen LogP contribution is -2.44. The Hall–Kier alpha value is -1.40. The van der Waals surface area contributed by atoms with E-state index in [2.05, 4.69) is 15.5 Å². The molecule has 100 valence electrons. The average Bonchev–Trinajstić information content (AvgIpc) is 3.00. The topological polar surface area (TPSA) is 70.2 Å². The van der Waals surface area contributed by atoms with Crippen molar-refractivity contribution >= 4 is 5.91 Å². The van der Waals surface area contributed by atoms with Gasteiger partial charge in [-0.2, -0.15) is 5.10 Å². The highest BCUT2D eigenvalue weighted by molar-refractivity contribution is 5.79. The van der Waals surface area contributed by atoms with Gasteiger partial charge in [0.15, 0.2) is 0 Å². The van der Waals surface area contributed by atoms with Crippen molar-refractivity contribution in [2.24, 2.45) is 5.92 Å². The molecule has 1 saturated heterocycles. The Morgan fingerprint density at radius 1 is 1.67 bits per heavy atom. The Kier molecular flexibility index (Phi) is 4.33. The molecule has 1 aliphatic rings. The molecule has 0 bridgehead atoms. The first-order chi connectivity index (χ1) is 8.72. The van der Waals surface area contributed by atoms with Crippen molar-refractivity contribution in [2.45, 2.75) is 19.5 Å². The van der Waals surface area contributed by atoms with Crippen LogP contribution in [-0.4, -0.2) is 53.9 Å².